The highest BCUT2D eigenvalue weighted by atomic mass is 16.3. The van der Waals surface area contributed by atoms with Crippen molar-refractivity contribution in [2.24, 2.45) is 0 Å². The molecule has 0 aliphatic carbocycles. The summed E-state index contributed by atoms with van der Waals surface area (Å²) in [7, 11) is 0. The molecular formula is C58H40N2O. The van der Waals surface area contributed by atoms with Crippen LogP contribution < -0.4 is 4.90 Å². The second-order valence-electron chi connectivity index (χ2n) is 15.1. The van der Waals surface area contributed by atoms with Crippen molar-refractivity contribution in [2.75, 3.05) is 4.90 Å². The van der Waals surface area contributed by atoms with Crippen LogP contribution in [-0.4, -0.2) is 4.57 Å². The van der Waals surface area contributed by atoms with Crippen LogP contribution in [-0.2, 0) is 0 Å². The van der Waals surface area contributed by atoms with Crippen molar-refractivity contribution in [2.45, 2.75) is 0 Å². The molecular weight excluding hydrogens is 741 g/mol. The third-order valence-corrected chi connectivity index (χ3v) is 11.7. The van der Waals surface area contributed by atoms with Gasteiger partial charge in [0.25, 0.3) is 0 Å². The Morgan fingerprint density at radius 3 is 1.95 bits per heavy atom. The normalized spacial score (nSPS) is 12.5. The van der Waals surface area contributed by atoms with E-state index in [1.165, 1.54) is 10.8 Å². The average molecular weight is 784 g/mol. The van der Waals surface area contributed by atoms with Gasteiger partial charge < -0.3 is 13.9 Å². The maximum absolute atomic E-state index is 9.64. The zero-order valence-corrected chi connectivity index (χ0v) is 33.3. The fourth-order valence-electron chi connectivity index (χ4n) is 8.92. The molecule has 0 saturated carbocycles. The van der Waals surface area contributed by atoms with Gasteiger partial charge in [-0.05, 0) is 99.7 Å². The van der Waals surface area contributed by atoms with Gasteiger partial charge in [-0.15, -0.1) is 0 Å². The molecule has 0 saturated heterocycles. The summed E-state index contributed by atoms with van der Waals surface area (Å²) in [6, 6.07) is 62.4. The quantitative estimate of drug-likeness (QED) is 0.136. The first kappa shape index (κ1) is 32.8. The van der Waals surface area contributed by atoms with E-state index in [1.54, 1.807) is 24.3 Å². The Balaban J connectivity index is 1.12. The molecule has 0 fully saturated rings. The number of benzene rings is 9. The smallest absolute Gasteiger partial charge is 0.136 e. The highest BCUT2D eigenvalue weighted by Gasteiger charge is 2.22. The second-order valence-corrected chi connectivity index (χ2v) is 15.1. The molecule has 0 spiro atoms. The van der Waals surface area contributed by atoms with Gasteiger partial charge in [-0.1, -0.05) is 165 Å². The third-order valence-electron chi connectivity index (χ3n) is 11.7. The fourth-order valence-corrected chi connectivity index (χ4v) is 8.92. The van der Waals surface area contributed by atoms with Crippen LogP contribution in [0.2, 0.25) is 0 Å². The molecule has 2 aromatic heterocycles. The number of aromatic nitrogens is 1. The molecule has 0 atom stereocenters. The molecule has 0 aliphatic heterocycles. The molecule has 11 aromatic rings. The molecule has 0 bridgehead atoms. The van der Waals surface area contributed by atoms with Crippen LogP contribution in [0.3, 0.4) is 0 Å². The highest BCUT2D eigenvalue weighted by molar-refractivity contribution is 6.17. The van der Waals surface area contributed by atoms with Gasteiger partial charge in [0.15, 0.2) is 0 Å². The van der Waals surface area contributed by atoms with Gasteiger partial charge in [0.05, 0.1) is 26.5 Å². The predicted molar refractivity (Wildman–Crippen MR) is 259 cm³/mol. The molecule has 0 unspecified atom stereocenters. The molecule has 2 heterocycles. The number of hydrogen-bond acceptors (Lipinski definition) is 2. The molecule has 0 amide bonds. The van der Waals surface area contributed by atoms with Gasteiger partial charge in [-0.2, -0.15) is 0 Å². The van der Waals surface area contributed by atoms with Crippen LogP contribution in [0.1, 0.15) is 9.68 Å². The Morgan fingerprint density at radius 2 is 1.20 bits per heavy atom. The topological polar surface area (TPSA) is 21.3 Å². The molecule has 9 aromatic carbocycles. The van der Waals surface area contributed by atoms with E-state index >= 15 is 0 Å². The number of hydrogen-bond donors (Lipinski definition) is 0. The van der Waals surface area contributed by atoms with Gasteiger partial charge in [0, 0.05) is 44.0 Å². The largest absolute Gasteiger partial charge is 0.456 e. The lowest BCUT2D eigenvalue weighted by Crippen LogP contribution is -2.11. The minimum Gasteiger partial charge on any atom is -0.456 e. The molecule has 3 heteroatoms. The van der Waals surface area contributed by atoms with Crippen LogP contribution in [0, 0.1) is 0 Å². The number of rotatable bonds is 9. The Labute approximate surface area is 358 Å². The summed E-state index contributed by atoms with van der Waals surface area (Å²) >= 11 is 0. The Morgan fingerprint density at radius 1 is 0.541 bits per heavy atom. The summed E-state index contributed by atoms with van der Waals surface area (Å²) in [6.45, 7) is 7.80. The van der Waals surface area contributed by atoms with Gasteiger partial charge in [0.2, 0.25) is 0 Å². The number of furan rings is 1. The number of para-hydroxylation sites is 4. The van der Waals surface area contributed by atoms with Gasteiger partial charge >= 0.3 is 0 Å². The maximum atomic E-state index is 9.64. The van der Waals surface area contributed by atoms with E-state index in [0.717, 1.165) is 83.1 Å². The van der Waals surface area contributed by atoms with Crippen molar-refractivity contribution in [1.82, 2.24) is 4.57 Å². The third kappa shape index (κ3) is 6.06. The molecule has 0 radical (unpaired) electrons. The number of fused-ring (bicyclic) bond motifs is 7. The summed E-state index contributed by atoms with van der Waals surface area (Å²) in [4.78, 5) is 1.96. The summed E-state index contributed by atoms with van der Waals surface area (Å²) < 4.78 is 37.5. The Bertz CT molecular complexity index is 3650. The summed E-state index contributed by atoms with van der Waals surface area (Å²) in [5.74, 6) is 0. The predicted octanol–water partition coefficient (Wildman–Crippen LogP) is 16.4. The molecule has 61 heavy (non-hydrogen) atoms. The lowest BCUT2D eigenvalue weighted by Gasteiger charge is -2.28. The zero-order chi connectivity index (χ0) is 43.5. The Hall–Kier alpha value is -8.14. The monoisotopic (exact) mass is 783 g/mol. The maximum Gasteiger partial charge on any atom is 0.136 e. The lowest BCUT2D eigenvalue weighted by atomic mass is 9.96. The highest BCUT2D eigenvalue weighted by Crippen LogP contribution is 2.46. The minimum atomic E-state index is -0.0756. The van der Waals surface area contributed by atoms with Crippen molar-refractivity contribution >= 4 is 77.2 Å². The summed E-state index contributed by atoms with van der Waals surface area (Å²) in [5, 5.41) is 6.60. The first-order valence-electron chi connectivity index (χ1n) is 21.9. The molecule has 0 N–H and O–H groups in total. The summed E-state index contributed by atoms with van der Waals surface area (Å²) in [5.41, 5.74) is 11.6. The van der Waals surface area contributed by atoms with Crippen molar-refractivity contribution < 1.29 is 8.53 Å². The van der Waals surface area contributed by atoms with E-state index in [-0.39, 0.29) is 23.8 Å². The molecule has 0 aliphatic rings. The zero-order valence-electron chi connectivity index (χ0n) is 36.3. The van der Waals surface area contributed by atoms with Gasteiger partial charge in [-0.25, -0.2) is 0 Å². The van der Waals surface area contributed by atoms with Gasteiger partial charge in [-0.3, -0.25) is 0 Å². The Kier molecular flexibility index (Phi) is 8.01. The van der Waals surface area contributed by atoms with E-state index in [4.69, 9.17) is 4.42 Å². The number of anilines is 3. The van der Waals surface area contributed by atoms with Crippen molar-refractivity contribution in [3.63, 3.8) is 0 Å². The van der Waals surface area contributed by atoms with Crippen LogP contribution in [0.5, 0.6) is 0 Å². The number of allylic oxidation sites excluding steroid dienone is 4. The molecule has 288 valence electrons. The summed E-state index contributed by atoms with van der Waals surface area (Å²) in [6.07, 6.45) is 5.01. The van der Waals surface area contributed by atoms with E-state index in [1.807, 2.05) is 47.4 Å². The van der Waals surface area contributed by atoms with Crippen molar-refractivity contribution in [3.05, 3.63) is 237 Å². The van der Waals surface area contributed by atoms with E-state index in [0.29, 0.717) is 11.1 Å². The number of nitrogens with zero attached hydrogens (tertiary/aromatic N) is 2. The van der Waals surface area contributed by atoms with Crippen LogP contribution in [0.25, 0.3) is 88.0 Å². The minimum absolute atomic E-state index is 0.00647. The fraction of sp³-hybridized carbons (Fsp3) is 0. The van der Waals surface area contributed by atoms with E-state index < -0.39 is 0 Å². The van der Waals surface area contributed by atoms with Crippen molar-refractivity contribution in [1.29, 1.82) is 0 Å². The lowest BCUT2D eigenvalue weighted by molar-refractivity contribution is 0.669. The van der Waals surface area contributed by atoms with Gasteiger partial charge in [0.1, 0.15) is 11.2 Å². The first-order chi connectivity index (χ1) is 31.4. The van der Waals surface area contributed by atoms with E-state index in [9.17, 15) is 4.11 Å². The SMILES string of the molecule is [2H]c1cc(/C(C=C)=C/C=C)c([2H])c([2H])c1N(c1ccc(-c2ccccc2-n2c3ccccc3c3ccccc32)cc1)c1ccccc1-c1cccc2oc3cc4ccccc4cc3c12. The second kappa shape index (κ2) is 14.9. The molecule has 3 nitrogen and oxygen atoms in total. The van der Waals surface area contributed by atoms with Crippen LogP contribution >= 0.6 is 0 Å². The van der Waals surface area contributed by atoms with Crippen molar-refractivity contribution in [3.8, 4) is 27.9 Å². The van der Waals surface area contributed by atoms with E-state index in [2.05, 4.69) is 151 Å². The molecule has 11 rings (SSSR count). The van der Waals surface area contributed by atoms with Crippen LogP contribution in [0.15, 0.2) is 236 Å². The first-order valence-corrected chi connectivity index (χ1v) is 20.4. The van der Waals surface area contributed by atoms with Crippen LogP contribution in [0.4, 0.5) is 17.1 Å². The standard InChI is InChI=1S/C58H40N2O/c1-3-16-39(4-2)40-29-33-44(34-30-40)59(53-25-12-10-22-49(53)50-23-15-28-56-58(50)51-37-42-17-5-6-18-43(42)38-57(51)61-56)45-35-31-41(32-36-45)46-19-7-11-24-52(46)60-54-26-13-8-20-47(54)48-21-9-14-27-55(48)60/h3-38H,1-2H2/b39-16+/i29D,33D,34D. The average Bonchev–Trinajstić information content (AvgIpc) is 3.88.